The van der Waals surface area contributed by atoms with Crippen molar-refractivity contribution in [2.24, 2.45) is 5.84 Å². The van der Waals surface area contributed by atoms with E-state index in [9.17, 15) is 0 Å². The Balaban J connectivity index is 2.37. The molecule has 5 nitrogen and oxygen atoms in total. The number of nitrogens with two attached hydrogens (primary N) is 1. The first-order valence-corrected chi connectivity index (χ1v) is 6.99. The molecule has 1 unspecified atom stereocenters. The summed E-state index contributed by atoms with van der Waals surface area (Å²) < 4.78 is 7.76. The molecule has 0 aliphatic heterocycles. The topological polar surface area (TPSA) is 65.1 Å². The van der Waals surface area contributed by atoms with E-state index in [1.54, 1.807) is 7.11 Å². The van der Waals surface area contributed by atoms with Crippen molar-refractivity contribution in [2.45, 2.75) is 45.4 Å². The highest BCUT2D eigenvalue weighted by molar-refractivity contribution is 5.75. The molecule has 2 aromatic rings. The van der Waals surface area contributed by atoms with Crippen molar-refractivity contribution < 1.29 is 4.74 Å². The lowest BCUT2D eigenvalue weighted by Gasteiger charge is -2.32. The van der Waals surface area contributed by atoms with Gasteiger partial charge < -0.3 is 9.30 Å². The molecular weight excluding hydrogens is 252 g/mol. The maximum atomic E-state index is 5.70. The Bertz CT molecular complexity index is 576. The normalized spacial score (nSPS) is 13.8. The largest absolute Gasteiger partial charge is 0.377 e. The van der Waals surface area contributed by atoms with Crippen LogP contribution in [0.2, 0.25) is 0 Å². The zero-order valence-corrected chi connectivity index (χ0v) is 12.7. The predicted molar refractivity (Wildman–Crippen MR) is 81.3 cm³/mol. The maximum Gasteiger partial charge on any atom is 0.111 e. The summed E-state index contributed by atoms with van der Waals surface area (Å²) >= 11 is 0. The number of benzene rings is 1. The number of aryl methyl sites for hydroxylation is 1. The molecule has 3 N–H and O–H groups in total. The number of fused-ring (bicyclic) bond motifs is 1. The van der Waals surface area contributed by atoms with Crippen LogP contribution in [0.25, 0.3) is 11.0 Å². The third-order valence-electron chi connectivity index (χ3n) is 4.00. The number of rotatable bonds is 6. The number of nitrogens with zero attached hydrogens (tertiary/aromatic N) is 2. The molecule has 0 radical (unpaired) electrons. The highest BCUT2D eigenvalue weighted by atomic mass is 16.5. The molecule has 0 saturated carbocycles. The number of hydrogen-bond acceptors (Lipinski definition) is 4. The Kier molecular flexibility index (Phi) is 4.42. The minimum absolute atomic E-state index is 0.00499. The summed E-state index contributed by atoms with van der Waals surface area (Å²) in [4.78, 5) is 4.73. The smallest absolute Gasteiger partial charge is 0.111 e. The number of ether oxygens (including phenoxy) is 1. The van der Waals surface area contributed by atoms with Gasteiger partial charge in [0.1, 0.15) is 5.82 Å². The van der Waals surface area contributed by atoms with E-state index in [1.807, 2.05) is 32.0 Å². The number of para-hydroxylation sites is 2. The summed E-state index contributed by atoms with van der Waals surface area (Å²) in [6.07, 6.45) is 0.722. The van der Waals surface area contributed by atoms with Crippen molar-refractivity contribution >= 4 is 11.0 Å². The fraction of sp³-hybridized carbons (Fsp3) is 0.533. The zero-order valence-electron chi connectivity index (χ0n) is 12.7. The first-order valence-electron chi connectivity index (χ1n) is 6.99. The van der Waals surface area contributed by atoms with Crippen LogP contribution in [-0.2, 0) is 17.7 Å². The fourth-order valence-corrected chi connectivity index (χ4v) is 2.46. The second-order valence-corrected chi connectivity index (χ2v) is 5.49. The molecule has 0 spiro atoms. The lowest BCUT2D eigenvalue weighted by molar-refractivity contribution is -0.0107. The van der Waals surface area contributed by atoms with Gasteiger partial charge in [-0.15, -0.1) is 0 Å². The number of aromatic nitrogens is 2. The molecular formula is C15H24N4O. The lowest BCUT2D eigenvalue weighted by Crippen LogP contribution is -2.52. The third kappa shape index (κ3) is 2.70. The van der Waals surface area contributed by atoms with Crippen LogP contribution in [0.1, 0.15) is 26.6 Å². The molecule has 0 amide bonds. The van der Waals surface area contributed by atoms with Crippen molar-refractivity contribution in [3.63, 3.8) is 0 Å². The molecule has 0 aliphatic rings. The summed E-state index contributed by atoms with van der Waals surface area (Å²) in [5, 5.41) is 0. The van der Waals surface area contributed by atoms with Crippen LogP contribution in [0.3, 0.4) is 0 Å². The van der Waals surface area contributed by atoms with Crippen LogP contribution in [0.4, 0.5) is 0 Å². The molecule has 1 heterocycles. The van der Waals surface area contributed by atoms with Crippen LogP contribution >= 0.6 is 0 Å². The molecule has 5 heteroatoms. The summed E-state index contributed by atoms with van der Waals surface area (Å²) in [6.45, 7) is 7.07. The Morgan fingerprint density at radius 2 is 2.10 bits per heavy atom. The first-order chi connectivity index (χ1) is 9.53. The highest BCUT2D eigenvalue weighted by Gasteiger charge is 2.30. The Labute approximate surface area is 120 Å². The van der Waals surface area contributed by atoms with Crippen LogP contribution in [0, 0.1) is 0 Å². The van der Waals surface area contributed by atoms with Crippen molar-refractivity contribution in [1.29, 1.82) is 0 Å². The maximum absolute atomic E-state index is 5.70. The molecule has 110 valence electrons. The van der Waals surface area contributed by atoms with Crippen molar-refractivity contribution in [2.75, 3.05) is 7.11 Å². The van der Waals surface area contributed by atoms with Gasteiger partial charge in [-0.25, -0.2) is 4.98 Å². The number of hydrazine groups is 1. The van der Waals surface area contributed by atoms with E-state index in [1.165, 1.54) is 0 Å². The molecule has 1 atom stereocenters. The van der Waals surface area contributed by atoms with Gasteiger partial charge in [-0.3, -0.25) is 11.3 Å². The molecule has 2 rings (SSSR count). The van der Waals surface area contributed by atoms with Crippen LogP contribution in [-0.4, -0.2) is 28.3 Å². The van der Waals surface area contributed by atoms with E-state index < -0.39 is 0 Å². The highest BCUT2D eigenvalue weighted by Crippen LogP contribution is 2.21. The number of imidazole rings is 1. The number of hydrogen-bond donors (Lipinski definition) is 2. The molecule has 20 heavy (non-hydrogen) atoms. The van der Waals surface area contributed by atoms with Crippen LogP contribution < -0.4 is 11.3 Å². The Morgan fingerprint density at radius 1 is 1.40 bits per heavy atom. The summed E-state index contributed by atoms with van der Waals surface area (Å²) in [7, 11) is 1.70. The van der Waals surface area contributed by atoms with E-state index in [4.69, 9.17) is 15.6 Å². The Morgan fingerprint density at radius 3 is 2.70 bits per heavy atom. The van der Waals surface area contributed by atoms with E-state index >= 15 is 0 Å². The van der Waals surface area contributed by atoms with Gasteiger partial charge >= 0.3 is 0 Å². The minimum Gasteiger partial charge on any atom is -0.377 e. The monoisotopic (exact) mass is 276 g/mol. The summed E-state index contributed by atoms with van der Waals surface area (Å²) in [6, 6.07) is 8.18. The number of methoxy groups -OCH3 is 1. The number of nitrogens with one attached hydrogen (secondary N) is 1. The van der Waals surface area contributed by atoms with Gasteiger partial charge in [-0.2, -0.15) is 0 Å². The van der Waals surface area contributed by atoms with Gasteiger partial charge in [0, 0.05) is 20.1 Å². The third-order valence-corrected chi connectivity index (χ3v) is 4.00. The molecule has 0 aliphatic carbocycles. The Hall–Kier alpha value is -1.43. The quantitative estimate of drug-likeness (QED) is 0.624. The summed E-state index contributed by atoms with van der Waals surface area (Å²) in [5.41, 5.74) is 4.69. The van der Waals surface area contributed by atoms with E-state index in [-0.39, 0.29) is 11.6 Å². The van der Waals surface area contributed by atoms with Gasteiger partial charge in [0.2, 0.25) is 0 Å². The first kappa shape index (κ1) is 15.0. The second kappa shape index (κ2) is 5.91. The van der Waals surface area contributed by atoms with E-state index in [0.717, 1.165) is 29.8 Å². The lowest BCUT2D eigenvalue weighted by atomic mass is 9.96. The fourth-order valence-electron chi connectivity index (χ4n) is 2.46. The van der Waals surface area contributed by atoms with Crippen molar-refractivity contribution in [3.05, 3.63) is 30.1 Å². The van der Waals surface area contributed by atoms with Crippen LogP contribution in [0.15, 0.2) is 24.3 Å². The zero-order chi connectivity index (χ0) is 14.8. The SMILES string of the molecule is CCn1c(CC(NN)C(C)(C)OC)nc2ccccc21. The van der Waals surface area contributed by atoms with Gasteiger partial charge in [0.15, 0.2) is 0 Å². The second-order valence-electron chi connectivity index (χ2n) is 5.49. The predicted octanol–water partition coefficient (Wildman–Crippen LogP) is 1.86. The van der Waals surface area contributed by atoms with E-state index in [0.29, 0.717) is 0 Å². The standard InChI is InChI=1S/C15H24N4O/c1-5-19-12-9-7-6-8-11(12)17-14(19)10-13(18-16)15(2,3)20-4/h6-9,13,18H,5,10,16H2,1-4H3. The molecule has 0 bridgehead atoms. The van der Waals surface area contributed by atoms with Gasteiger partial charge in [-0.1, -0.05) is 12.1 Å². The molecule has 1 aromatic carbocycles. The van der Waals surface area contributed by atoms with Gasteiger partial charge in [0.25, 0.3) is 0 Å². The van der Waals surface area contributed by atoms with Gasteiger partial charge in [-0.05, 0) is 32.9 Å². The average molecular weight is 276 g/mol. The minimum atomic E-state index is -0.356. The summed E-state index contributed by atoms with van der Waals surface area (Å²) in [5.74, 6) is 6.73. The average Bonchev–Trinajstić information content (AvgIpc) is 2.81. The van der Waals surface area contributed by atoms with Crippen molar-refractivity contribution in [3.8, 4) is 0 Å². The van der Waals surface area contributed by atoms with Crippen LogP contribution in [0.5, 0.6) is 0 Å². The molecule has 1 aromatic heterocycles. The van der Waals surface area contributed by atoms with Gasteiger partial charge in [0.05, 0.1) is 22.7 Å². The molecule has 0 fully saturated rings. The molecule has 0 saturated heterocycles. The van der Waals surface area contributed by atoms with Crippen molar-refractivity contribution in [1.82, 2.24) is 15.0 Å². The van der Waals surface area contributed by atoms with E-state index in [2.05, 4.69) is 23.0 Å².